The molecule has 2 nitrogen and oxygen atoms in total. The Hall–Kier alpha value is -1.52. The van der Waals surface area contributed by atoms with Gasteiger partial charge in [0.15, 0.2) is 0 Å². The molecular formula is C19H19ClFNOS. The smallest absolute Gasteiger partial charge is 0.223 e. The Kier molecular flexibility index (Phi) is 5.80. The molecule has 0 radical (unpaired) electrons. The molecule has 0 bridgehead atoms. The molecule has 0 heterocycles. The van der Waals surface area contributed by atoms with Crippen molar-refractivity contribution < 1.29 is 9.18 Å². The normalized spacial score (nSPS) is 19.1. The summed E-state index contributed by atoms with van der Waals surface area (Å²) in [6, 6.07) is 14.5. The third-order valence-electron chi connectivity index (χ3n) is 4.19. The second-order valence-corrected chi connectivity index (χ2v) is 7.42. The molecule has 0 aromatic heterocycles. The second kappa shape index (κ2) is 8.04. The Morgan fingerprint density at radius 1 is 1.21 bits per heavy atom. The lowest BCUT2D eigenvalue weighted by Gasteiger charge is -2.06. The number of carbonyl (C=O) groups is 1. The van der Waals surface area contributed by atoms with Gasteiger partial charge < -0.3 is 5.32 Å². The van der Waals surface area contributed by atoms with Crippen LogP contribution in [0.1, 0.15) is 23.5 Å². The van der Waals surface area contributed by atoms with Crippen LogP contribution in [0.3, 0.4) is 0 Å². The monoisotopic (exact) mass is 363 g/mol. The van der Waals surface area contributed by atoms with Crippen molar-refractivity contribution >= 4 is 29.3 Å². The average molecular weight is 364 g/mol. The highest BCUT2D eigenvalue weighted by atomic mass is 35.5. The molecule has 1 aliphatic rings. The van der Waals surface area contributed by atoms with Crippen LogP contribution in [-0.2, 0) is 10.5 Å². The lowest BCUT2D eigenvalue weighted by atomic mass is 10.1. The number of nitrogens with one attached hydrogen (secondary N) is 1. The maximum atomic E-state index is 13.5. The minimum Gasteiger partial charge on any atom is -0.355 e. The van der Waals surface area contributed by atoms with Crippen LogP contribution in [0, 0.1) is 11.7 Å². The maximum absolute atomic E-state index is 13.5. The van der Waals surface area contributed by atoms with Gasteiger partial charge >= 0.3 is 0 Å². The zero-order valence-electron chi connectivity index (χ0n) is 13.2. The van der Waals surface area contributed by atoms with E-state index in [9.17, 15) is 9.18 Å². The molecule has 1 aliphatic carbocycles. The van der Waals surface area contributed by atoms with Gasteiger partial charge in [0, 0.05) is 29.0 Å². The van der Waals surface area contributed by atoms with E-state index in [1.807, 2.05) is 30.3 Å². The fourth-order valence-corrected chi connectivity index (χ4v) is 3.90. The first-order chi connectivity index (χ1) is 11.7. The number of rotatable bonds is 7. The number of hydrogen-bond donors (Lipinski definition) is 1. The number of amides is 1. The number of halogens is 2. The highest BCUT2D eigenvalue weighted by Crippen LogP contribution is 2.49. The topological polar surface area (TPSA) is 29.1 Å². The standard InChI is InChI=1S/C19H19ClFNOS/c20-17-7-3-2-6-14(17)15-11-16(15)19(23)22-9-10-24-12-13-5-1-4-8-18(13)21/h1-8,15-16H,9-12H2,(H,22,23). The van der Waals surface area contributed by atoms with Gasteiger partial charge in [0.05, 0.1) is 0 Å². The Morgan fingerprint density at radius 2 is 1.96 bits per heavy atom. The predicted octanol–water partition coefficient (Wildman–Crippen LogP) is 4.63. The van der Waals surface area contributed by atoms with Crippen LogP contribution in [0.2, 0.25) is 5.02 Å². The molecule has 0 spiro atoms. The fraction of sp³-hybridized carbons (Fsp3) is 0.316. The van der Waals surface area contributed by atoms with E-state index in [1.165, 1.54) is 6.07 Å². The lowest BCUT2D eigenvalue weighted by Crippen LogP contribution is -2.27. The van der Waals surface area contributed by atoms with Crippen LogP contribution >= 0.6 is 23.4 Å². The Bertz CT molecular complexity index is 724. The summed E-state index contributed by atoms with van der Waals surface area (Å²) in [6.07, 6.45) is 0.859. The first-order valence-corrected chi connectivity index (χ1v) is 9.53. The summed E-state index contributed by atoms with van der Waals surface area (Å²) in [6.45, 7) is 0.601. The highest BCUT2D eigenvalue weighted by molar-refractivity contribution is 7.98. The molecule has 1 N–H and O–H groups in total. The van der Waals surface area contributed by atoms with E-state index in [2.05, 4.69) is 5.32 Å². The van der Waals surface area contributed by atoms with E-state index in [0.717, 1.165) is 22.8 Å². The Balaban J connectivity index is 1.37. The largest absolute Gasteiger partial charge is 0.355 e. The van der Waals surface area contributed by atoms with Crippen molar-refractivity contribution in [1.82, 2.24) is 5.32 Å². The number of carbonyl (C=O) groups excluding carboxylic acids is 1. The predicted molar refractivity (Wildman–Crippen MR) is 97.9 cm³/mol. The molecule has 0 aliphatic heterocycles. The van der Waals surface area contributed by atoms with E-state index in [0.29, 0.717) is 17.9 Å². The summed E-state index contributed by atoms with van der Waals surface area (Å²) in [4.78, 5) is 12.2. The summed E-state index contributed by atoms with van der Waals surface area (Å²) >= 11 is 7.80. The molecule has 2 aromatic rings. The maximum Gasteiger partial charge on any atom is 0.223 e. The van der Waals surface area contributed by atoms with E-state index < -0.39 is 0 Å². The Labute approximate surface area is 150 Å². The third-order valence-corrected chi connectivity index (χ3v) is 5.55. The van der Waals surface area contributed by atoms with Gasteiger partial charge in [-0.25, -0.2) is 4.39 Å². The zero-order chi connectivity index (χ0) is 16.9. The van der Waals surface area contributed by atoms with Gasteiger partial charge in [0.25, 0.3) is 0 Å². The summed E-state index contributed by atoms with van der Waals surface area (Å²) in [5.74, 6) is 1.57. The van der Waals surface area contributed by atoms with E-state index in [1.54, 1.807) is 23.9 Å². The first-order valence-electron chi connectivity index (χ1n) is 8.00. The van der Waals surface area contributed by atoms with Crippen LogP contribution in [0.25, 0.3) is 0 Å². The minimum absolute atomic E-state index is 0.0291. The second-order valence-electron chi connectivity index (χ2n) is 5.91. The molecule has 0 saturated heterocycles. The Morgan fingerprint density at radius 3 is 2.75 bits per heavy atom. The van der Waals surface area contributed by atoms with E-state index in [-0.39, 0.29) is 23.6 Å². The van der Waals surface area contributed by atoms with Crippen molar-refractivity contribution in [2.45, 2.75) is 18.1 Å². The van der Waals surface area contributed by atoms with Gasteiger partial charge in [0.1, 0.15) is 5.82 Å². The van der Waals surface area contributed by atoms with Gasteiger partial charge in [0.2, 0.25) is 5.91 Å². The minimum atomic E-state index is -0.172. The third kappa shape index (κ3) is 4.31. The van der Waals surface area contributed by atoms with Crippen molar-refractivity contribution in [3.05, 3.63) is 70.5 Å². The lowest BCUT2D eigenvalue weighted by molar-refractivity contribution is -0.122. The summed E-state index contributed by atoms with van der Waals surface area (Å²) in [5, 5.41) is 3.70. The van der Waals surface area contributed by atoms with Gasteiger partial charge in [-0.3, -0.25) is 4.79 Å². The van der Waals surface area contributed by atoms with Crippen LogP contribution in [-0.4, -0.2) is 18.2 Å². The van der Waals surface area contributed by atoms with Crippen LogP contribution in [0.4, 0.5) is 4.39 Å². The van der Waals surface area contributed by atoms with Crippen molar-refractivity contribution in [1.29, 1.82) is 0 Å². The molecule has 126 valence electrons. The van der Waals surface area contributed by atoms with E-state index in [4.69, 9.17) is 11.6 Å². The molecule has 3 rings (SSSR count). The molecule has 24 heavy (non-hydrogen) atoms. The van der Waals surface area contributed by atoms with Crippen molar-refractivity contribution in [3.63, 3.8) is 0 Å². The quantitative estimate of drug-likeness (QED) is 0.726. The molecule has 1 amide bonds. The summed E-state index contributed by atoms with van der Waals surface area (Å²) in [7, 11) is 0. The highest BCUT2D eigenvalue weighted by Gasteiger charge is 2.44. The first kappa shape index (κ1) is 17.3. The van der Waals surface area contributed by atoms with Gasteiger partial charge in [-0.1, -0.05) is 48.0 Å². The molecule has 1 fully saturated rings. The van der Waals surface area contributed by atoms with Crippen molar-refractivity contribution in [3.8, 4) is 0 Å². The average Bonchev–Trinajstić information content (AvgIpc) is 3.37. The van der Waals surface area contributed by atoms with Crippen LogP contribution < -0.4 is 5.32 Å². The molecular weight excluding hydrogens is 345 g/mol. The van der Waals surface area contributed by atoms with Gasteiger partial charge in [-0.05, 0) is 35.6 Å². The van der Waals surface area contributed by atoms with Crippen molar-refractivity contribution in [2.24, 2.45) is 5.92 Å². The van der Waals surface area contributed by atoms with E-state index >= 15 is 0 Å². The fourth-order valence-electron chi connectivity index (χ4n) is 2.78. The van der Waals surface area contributed by atoms with Gasteiger partial charge in [-0.2, -0.15) is 11.8 Å². The molecule has 2 unspecified atom stereocenters. The van der Waals surface area contributed by atoms with Gasteiger partial charge in [-0.15, -0.1) is 0 Å². The summed E-state index contributed by atoms with van der Waals surface area (Å²) in [5.41, 5.74) is 1.77. The molecule has 5 heteroatoms. The van der Waals surface area contributed by atoms with Crippen LogP contribution in [0.15, 0.2) is 48.5 Å². The molecule has 1 saturated carbocycles. The number of hydrogen-bond acceptors (Lipinski definition) is 2. The van der Waals surface area contributed by atoms with Crippen LogP contribution in [0.5, 0.6) is 0 Å². The van der Waals surface area contributed by atoms with Crippen molar-refractivity contribution in [2.75, 3.05) is 12.3 Å². The zero-order valence-corrected chi connectivity index (χ0v) is 14.7. The molecule has 2 atom stereocenters. The summed E-state index contributed by atoms with van der Waals surface area (Å²) < 4.78 is 13.5. The molecule has 2 aromatic carbocycles. The SMILES string of the molecule is O=C(NCCSCc1ccccc1F)C1CC1c1ccccc1Cl. The number of thioether (sulfide) groups is 1. The number of benzene rings is 2.